The molecular weight excluding hydrogens is 801 g/mol. The van der Waals surface area contributed by atoms with E-state index in [9.17, 15) is 26.3 Å². The van der Waals surface area contributed by atoms with Crippen LogP contribution in [0.4, 0.5) is 43.4 Å². The van der Waals surface area contributed by atoms with E-state index in [0.29, 0.717) is 11.4 Å². The van der Waals surface area contributed by atoms with Gasteiger partial charge in [0.25, 0.3) is 0 Å². The van der Waals surface area contributed by atoms with Gasteiger partial charge in [0, 0.05) is 5.69 Å². The van der Waals surface area contributed by atoms with Crippen LogP contribution in [0, 0.1) is 0 Å². The van der Waals surface area contributed by atoms with Crippen LogP contribution in [-0.2, 0) is 34.0 Å². The van der Waals surface area contributed by atoms with Gasteiger partial charge < -0.3 is 4.90 Å². The predicted molar refractivity (Wildman–Crippen MR) is 230 cm³/mol. The van der Waals surface area contributed by atoms with Crippen molar-refractivity contribution in [2.75, 3.05) is 4.90 Å². The van der Waals surface area contributed by atoms with E-state index in [4.69, 9.17) is 9.97 Å². The first kappa shape index (κ1) is 42.5. The van der Waals surface area contributed by atoms with Crippen LogP contribution in [-0.4, -0.2) is 30.4 Å². The predicted octanol–water partition coefficient (Wildman–Crippen LogP) is 13.4. The van der Waals surface area contributed by atoms with Crippen molar-refractivity contribution < 1.29 is 26.3 Å². The molecule has 7 aromatic rings. The molecule has 5 heterocycles. The monoisotopic (exact) mass is 847 g/mol. The van der Waals surface area contributed by atoms with Gasteiger partial charge in [-0.1, -0.05) is 111 Å². The van der Waals surface area contributed by atoms with Crippen molar-refractivity contribution in [1.29, 1.82) is 0 Å². The highest BCUT2D eigenvalue weighted by atomic mass is 19.4. The lowest BCUT2D eigenvalue weighted by Crippen LogP contribution is -2.40. The average Bonchev–Trinajstić information content (AvgIpc) is 3.91. The van der Waals surface area contributed by atoms with Crippen LogP contribution in [0.15, 0.2) is 109 Å². The third kappa shape index (κ3) is 7.45. The maximum Gasteiger partial charge on any atom is 0.432 e. The van der Waals surface area contributed by atoms with E-state index < -0.39 is 29.2 Å². The molecule has 0 saturated heterocycles. The number of hydrogen-bond acceptors (Lipinski definition) is 5. The molecule has 4 aromatic heterocycles. The Balaban J connectivity index is 1.52. The maximum atomic E-state index is 13.9. The first-order chi connectivity index (χ1) is 28.9. The van der Waals surface area contributed by atoms with Crippen LogP contribution in [0.5, 0.6) is 0 Å². The van der Waals surface area contributed by atoms with Gasteiger partial charge in [-0.3, -0.25) is 10.2 Å². The average molecular weight is 848 g/mol. The molecule has 3 aromatic carbocycles. The summed E-state index contributed by atoms with van der Waals surface area (Å²) in [6.45, 7) is 19.1. The minimum atomic E-state index is -4.67. The third-order valence-corrected chi connectivity index (χ3v) is 11.6. The van der Waals surface area contributed by atoms with E-state index in [-0.39, 0.29) is 39.0 Å². The van der Waals surface area contributed by atoms with Gasteiger partial charge in [-0.25, -0.2) is 9.97 Å². The zero-order chi connectivity index (χ0) is 44.8. The number of rotatable bonds is 5. The minimum absolute atomic E-state index is 0.0176. The molecule has 8 rings (SSSR count). The van der Waals surface area contributed by atoms with Crippen LogP contribution >= 0.6 is 0 Å². The minimum Gasteiger partial charge on any atom is -0.310 e. The summed E-state index contributed by atoms with van der Waals surface area (Å²) >= 11 is 0. The number of halogens is 6. The molecule has 0 unspecified atom stereocenters. The summed E-state index contributed by atoms with van der Waals surface area (Å²) < 4.78 is 83.4. The Morgan fingerprint density at radius 3 is 1.19 bits per heavy atom. The Morgan fingerprint density at radius 2 is 0.839 bits per heavy atom. The van der Waals surface area contributed by atoms with Crippen molar-refractivity contribution in [3.05, 3.63) is 160 Å². The van der Waals surface area contributed by atoms with Crippen molar-refractivity contribution in [2.45, 2.75) is 96.3 Å². The van der Waals surface area contributed by atoms with Crippen LogP contribution in [0.25, 0.3) is 22.8 Å². The molecule has 0 amide bonds. The Hall–Kier alpha value is -6.24. The smallest absolute Gasteiger partial charge is 0.310 e. The van der Waals surface area contributed by atoms with Gasteiger partial charge >= 0.3 is 12.4 Å². The standard InChI is InChI=1S/C49H47F6N7/c1-44(2,3)28-16-20-31(21-17-28)62-38-22-18-29(45(4,5)6)24-32(38)47(33-25-30(46(7,8)9)19-23-39(33)62,40-14-10-12-34(56-40)36-26-42(60-58-36)48(50,51)52)41-15-11-13-35(57-41)37-27-43(61-59-37)49(53,54)55/h10-27H,1-9H3,(H,58,60)(H,59,61). The van der Waals surface area contributed by atoms with Gasteiger partial charge in [0.15, 0.2) is 0 Å². The van der Waals surface area contributed by atoms with Crippen molar-refractivity contribution in [3.8, 4) is 22.8 Å². The number of benzene rings is 3. The zero-order valence-electron chi connectivity index (χ0n) is 35.9. The van der Waals surface area contributed by atoms with Crippen molar-refractivity contribution in [1.82, 2.24) is 30.4 Å². The second-order valence-electron chi connectivity index (χ2n) is 19.0. The molecule has 320 valence electrons. The molecule has 0 bridgehead atoms. The number of H-pyrrole nitrogens is 2. The quantitative estimate of drug-likeness (QED) is 0.169. The molecule has 13 heteroatoms. The van der Waals surface area contributed by atoms with Crippen molar-refractivity contribution in [2.24, 2.45) is 0 Å². The highest BCUT2D eigenvalue weighted by molar-refractivity contribution is 5.89. The summed E-state index contributed by atoms with van der Waals surface area (Å²) in [5.41, 5.74) is 3.95. The molecule has 7 nitrogen and oxygen atoms in total. The van der Waals surface area contributed by atoms with E-state index in [1.165, 1.54) is 0 Å². The van der Waals surface area contributed by atoms with Gasteiger partial charge in [0.2, 0.25) is 0 Å². The summed E-state index contributed by atoms with van der Waals surface area (Å²) in [7, 11) is 0. The molecule has 0 atom stereocenters. The summed E-state index contributed by atoms with van der Waals surface area (Å²) in [6, 6.07) is 33.2. The number of nitrogens with one attached hydrogen (secondary N) is 2. The lowest BCUT2D eigenvalue weighted by Gasteiger charge is -2.46. The molecule has 1 aliphatic heterocycles. The molecular formula is C49H47F6N7. The number of aromatic nitrogens is 6. The first-order valence-corrected chi connectivity index (χ1v) is 20.3. The molecule has 0 radical (unpaired) electrons. The number of anilines is 3. The number of pyridine rings is 2. The van der Waals surface area contributed by atoms with Gasteiger partial charge in [0.05, 0.1) is 34.2 Å². The normalized spacial score (nSPS) is 14.5. The molecule has 62 heavy (non-hydrogen) atoms. The first-order valence-electron chi connectivity index (χ1n) is 20.3. The zero-order valence-corrected chi connectivity index (χ0v) is 35.9. The SMILES string of the molecule is CC(C)(C)c1ccc(N2c3ccc(C(C)(C)C)cc3C(c3cccc(-c4cc(C(F)(F)F)[nH]n4)n3)(c3cccc(-c4cc(C(F)(F)F)[nH]n4)n3)c3cc(C(C)(C)C)ccc32)cc1. The van der Waals surface area contributed by atoms with E-state index in [1.807, 2.05) is 12.1 Å². The molecule has 0 fully saturated rings. The topological polar surface area (TPSA) is 86.4 Å². The summed E-state index contributed by atoms with van der Waals surface area (Å²) in [5.74, 6) is 0. The van der Waals surface area contributed by atoms with Crippen molar-refractivity contribution >= 4 is 17.1 Å². The molecule has 0 saturated carbocycles. The van der Waals surface area contributed by atoms with E-state index in [1.54, 1.807) is 24.3 Å². The number of nitrogens with zero attached hydrogens (tertiary/aromatic N) is 5. The van der Waals surface area contributed by atoms with Crippen LogP contribution in [0.1, 0.15) is 113 Å². The van der Waals surface area contributed by atoms with Gasteiger partial charge in [-0.2, -0.15) is 36.5 Å². The number of alkyl halides is 6. The fraction of sp³-hybridized carbons (Fsp3) is 0.306. The number of hydrogen-bond donors (Lipinski definition) is 2. The van der Waals surface area contributed by atoms with Crippen LogP contribution in [0.3, 0.4) is 0 Å². The van der Waals surface area contributed by atoms with Gasteiger partial charge in [-0.15, -0.1) is 0 Å². The van der Waals surface area contributed by atoms with E-state index in [2.05, 4.69) is 148 Å². The molecule has 2 N–H and O–H groups in total. The molecule has 1 aliphatic rings. The van der Waals surface area contributed by atoms with Crippen LogP contribution < -0.4 is 4.90 Å². The summed E-state index contributed by atoms with van der Waals surface area (Å²) in [5, 5.41) is 12.3. The van der Waals surface area contributed by atoms with Gasteiger partial charge in [-0.05, 0) is 105 Å². The van der Waals surface area contributed by atoms with E-state index >= 15 is 0 Å². The highest BCUT2D eigenvalue weighted by Gasteiger charge is 2.50. The Labute approximate surface area is 356 Å². The lowest BCUT2D eigenvalue weighted by molar-refractivity contribution is -0.142. The Morgan fingerprint density at radius 1 is 0.452 bits per heavy atom. The summed E-state index contributed by atoms with van der Waals surface area (Å²) in [4.78, 5) is 12.6. The second-order valence-corrected chi connectivity index (χ2v) is 19.0. The molecule has 0 aliphatic carbocycles. The van der Waals surface area contributed by atoms with Crippen LogP contribution in [0.2, 0.25) is 0 Å². The summed E-state index contributed by atoms with van der Waals surface area (Å²) in [6.07, 6.45) is -9.34. The third-order valence-electron chi connectivity index (χ3n) is 11.6. The number of fused-ring (bicyclic) bond motifs is 2. The largest absolute Gasteiger partial charge is 0.432 e. The van der Waals surface area contributed by atoms with Gasteiger partial charge in [0.1, 0.15) is 28.2 Å². The Kier molecular flexibility index (Phi) is 9.87. The number of aromatic amines is 2. The maximum absolute atomic E-state index is 13.9. The second kappa shape index (κ2) is 14.4. The highest BCUT2D eigenvalue weighted by Crippen LogP contribution is 2.58. The molecule has 0 spiro atoms. The Bertz CT molecular complexity index is 2630. The fourth-order valence-electron chi connectivity index (χ4n) is 8.11. The lowest BCUT2D eigenvalue weighted by atomic mass is 9.64. The van der Waals surface area contributed by atoms with E-state index in [0.717, 1.165) is 57.0 Å². The fourth-order valence-corrected chi connectivity index (χ4v) is 8.11. The van der Waals surface area contributed by atoms with Crippen molar-refractivity contribution in [3.63, 3.8) is 0 Å².